The molecule has 2 rings (SSSR count). The van der Waals surface area contributed by atoms with Crippen LogP contribution in [0.15, 0.2) is 30.3 Å². The molecule has 2 heteroatoms. The van der Waals surface area contributed by atoms with E-state index in [1.165, 1.54) is 37.7 Å². The van der Waals surface area contributed by atoms with Crippen molar-refractivity contribution in [2.75, 3.05) is 0 Å². The summed E-state index contributed by atoms with van der Waals surface area (Å²) in [6.45, 7) is 6.75. The van der Waals surface area contributed by atoms with Gasteiger partial charge in [-0.2, -0.15) is 0 Å². The first-order valence-electron chi connectivity index (χ1n) is 11.8. The summed E-state index contributed by atoms with van der Waals surface area (Å²) in [5.74, 6) is 0.809. The second-order valence-corrected chi connectivity index (χ2v) is 9.34. The molecule has 0 aromatic heterocycles. The highest BCUT2D eigenvalue weighted by Gasteiger charge is 2.49. The van der Waals surface area contributed by atoms with Crippen molar-refractivity contribution in [3.63, 3.8) is 0 Å². The van der Waals surface area contributed by atoms with Crippen LogP contribution >= 0.6 is 0 Å². The molecule has 1 aliphatic rings. The van der Waals surface area contributed by atoms with Crippen LogP contribution in [-0.2, 0) is 4.79 Å². The van der Waals surface area contributed by atoms with E-state index in [1.54, 1.807) is 0 Å². The zero-order valence-electron chi connectivity index (χ0n) is 18.5. The van der Waals surface area contributed by atoms with Crippen molar-refractivity contribution in [1.29, 1.82) is 0 Å². The van der Waals surface area contributed by atoms with Crippen LogP contribution in [0.3, 0.4) is 0 Å². The van der Waals surface area contributed by atoms with E-state index in [-0.39, 0.29) is 0 Å². The molecule has 1 aromatic carbocycles. The lowest BCUT2D eigenvalue weighted by molar-refractivity contribution is -0.158. The van der Waals surface area contributed by atoms with Gasteiger partial charge in [-0.05, 0) is 55.4 Å². The summed E-state index contributed by atoms with van der Waals surface area (Å²) in [5.41, 5.74) is 0.889. The first-order chi connectivity index (χ1) is 13.5. The Labute approximate surface area is 173 Å². The average molecular weight is 387 g/mol. The number of hydrogen-bond acceptors (Lipinski definition) is 1. The maximum absolute atomic E-state index is 12.6. The normalized spacial score (nSPS) is 26.1. The summed E-state index contributed by atoms with van der Waals surface area (Å²) >= 11 is 0. The van der Waals surface area contributed by atoms with E-state index in [0.29, 0.717) is 17.8 Å². The van der Waals surface area contributed by atoms with Gasteiger partial charge in [-0.15, -0.1) is 0 Å². The second kappa shape index (κ2) is 11.6. The Kier molecular flexibility index (Phi) is 9.55. The summed E-state index contributed by atoms with van der Waals surface area (Å²) in [6.07, 6.45) is 13.4. The Morgan fingerprint density at radius 2 is 1.82 bits per heavy atom. The predicted molar refractivity (Wildman–Crippen MR) is 119 cm³/mol. The average Bonchev–Trinajstić information content (AvgIpc) is 2.71. The number of aliphatic carboxylic acids is 1. The molecule has 4 unspecified atom stereocenters. The van der Waals surface area contributed by atoms with Gasteiger partial charge in [0.1, 0.15) is 0 Å². The van der Waals surface area contributed by atoms with E-state index in [0.717, 1.165) is 44.9 Å². The van der Waals surface area contributed by atoms with Gasteiger partial charge in [-0.25, -0.2) is 0 Å². The lowest BCUT2D eigenvalue weighted by Crippen LogP contribution is -2.44. The number of hydrogen-bond donors (Lipinski definition) is 1. The molecule has 1 N–H and O–H groups in total. The summed E-state index contributed by atoms with van der Waals surface area (Å²) in [7, 11) is 0. The molecule has 4 atom stereocenters. The molecule has 0 radical (unpaired) electrons. The third kappa shape index (κ3) is 6.09. The van der Waals surface area contributed by atoms with Crippen molar-refractivity contribution in [1.82, 2.24) is 0 Å². The summed E-state index contributed by atoms with van der Waals surface area (Å²) < 4.78 is 0. The highest BCUT2D eigenvalue weighted by molar-refractivity contribution is 5.75. The molecule has 0 spiro atoms. The van der Waals surface area contributed by atoms with E-state index in [1.807, 2.05) is 0 Å². The van der Waals surface area contributed by atoms with Crippen LogP contribution in [-0.4, -0.2) is 11.1 Å². The van der Waals surface area contributed by atoms with Crippen molar-refractivity contribution in [3.05, 3.63) is 35.9 Å². The van der Waals surface area contributed by atoms with Crippen molar-refractivity contribution < 1.29 is 9.90 Å². The molecule has 0 saturated heterocycles. The van der Waals surface area contributed by atoms with Crippen LogP contribution in [0.25, 0.3) is 0 Å². The van der Waals surface area contributed by atoms with E-state index in [2.05, 4.69) is 51.1 Å². The van der Waals surface area contributed by atoms with E-state index in [4.69, 9.17) is 0 Å². The maximum atomic E-state index is 12.6. The molecule has 0 heterocycles. The predicted octanol–water partition coefficient (Wildman–Crippen LogP) is 7.83. The standard InChI is InChI=1S/C26H42O2/c1-4-6-8-10-13-21(3)20-26(25(27)28)18-17-23(19-24(26)16-7-5-2)22-14-11-9-12-15-22/h9,11-12,14-15,21,23-24H,4-8,10,13,16-20H2,1-3H3,(H,27,28). The summed E-state index contributed by atoms with van der Waals surface area (Å²) in [6, 6.07) is 10.8. The van der Waals surface area contributed by atoms with Crippen LogP contribution in [0, 0.1) is 17.3 Å². The number of benzene rings is 1. The van der Waals surface area contributed by atoms with E-state index < -0.39 is 11.4 Å². The van der Waals surface area contributed by atoms with Crippen molar-refractivity contribution >= 4 is 5.97 Å². The van der Waals surface area contributed by atoms with Crippen molar-refractivity contribution in [3.8, 4) is 0 Å². The fourth-order valence-corrected chi connectivity index (χ4v) is 5.48. The van der Waals surface area contributed by atoms with Gasteiger partial charge in [0.05, 0.1) is 5.41 Å². The number of carboxylic acids is 1. The number of rotatable bonds is 12. The fraction of sp³-hybridized carbons (Fsp3) is 0.731. The second-order valence-electron chi connectivity index (χ2n) is 9.34. The third-order valence-corrected chi connectivity index (χ3v) is 7.16. The zero-order valence-corrected chi connectivity index (χ0v) is 18.5. The Morgan fingerprint density at radius 1 is 1.11 bits per heavy atom. The van der Waals surface area contributed by atoms with E-state index in [9.17, 15) is 9.90 Å². The fourth-order valence-electron chi connectivity index (χ4n) is 5.48. The Bertz CT molecular complexity index is 567. The summed E-state index contributed by atoms with van der Waals surface area (Å²) in [4.78, 5) is 12.6. The van der Waals surface area contributed by atoms with Gasteiger partial charge in [0.25, 0.3) is 0 Å². The Morgan fingerprint density at radius 3 is 2.46 bits per heavy atom. The molecule has 1 saturated carbocycles. The smallest absolute Gasteiger partial charge is 0.309 e. The van der Waals surface area contributed by atoms with Crippen LogP contribution in [0.4, 0.5) is 0 Å². The molecular weight excluding hydrogens is 344 g/mol. The first kappa shape index (κ1) is 23.0. The first-order valence-corrected chi connectivity index (χ1v) is 11.8. The monoisotopic (exact) mass is 386 g/mol. The Balaban J connectivity index is 2.12. The van der Waals surface area contributed by atoms with E-state index >= 15 is 0 Å². The largest absolute Gasteiger partial charge is 0.481 e. The molecule has 158 valence electrons. The highest BCUT2D eigenvalue weighted by Crippen LogP contribution is 2.52. The van der Waals surface area contributed by atoms with Crippen LogP contribution in [0.2, 0.25) is 0 Å². The van der Waals surface area contributed by atoms with Gasteiger partial charge in [-0.1, -0.05) is 96.0 Å². The molecule has 2 nitrogen and oxygen atoms in total. The minimum atomic E-state index is -0.527. The SMILES string of the molecule is CCCCCCC(C)CC1(C(=O)O)CCC(c2ccccc2)CC1CCCC. The minimum absolute atomic E-state index is 0.307. The molecular formula is C26H42O2. The van der Waals surface area contributed by atoms with Gasteiger partial charge in [0.2, 0.25) is 0 Å². The molecule has 1 aromatic rings. The minimum Gasteiger partial charge on any atom is -0.481 e. The summed E-state index contributed by atoms with van der Waals surface area (Å²) in [5, 5.41) is 10.4. The van der Waals surface area contributed by atoms with Crippen LogP contribution in [0.1, 0.15) is 109 Å². The maximum Gasteiger partial charge on any atom is 0.309 e. The number of unbranched alkanes of at least 4 members (excludes halogenated alkanes) is 4. The molecule has 28 heavy (non-hydrogen) atoms. The lowest BCUT2D eigenvalue weighted by Gasteiger charge is -2.45. The van der Waals surface area contributed by atoms with Gasteiger partial charge in [0, 0.05) is 0 Å². The van der Waals surface area contributed by atoms with Crippen molar-refractivity contribution in [2.45, 2.75) is 104 Å². The molecule has 1 aliphatic carbocycles. The quantitative estimate of drug-likeness (QED) is 0.372. The lowest BCUT2D eigenvalue weighted by atomic mass is 9.58. The number of carbonyl (C=O) groups is 1. The van der Waals surface area contributed by atoms with Gasteiger partial charge >= 0.3 is 5.97 Å². The highest BCUT2D eigenvalue weighted by atomic mass is 16.4. The topological polar surface area (TPSA) is 37.3 Å². The molecule has 0 aliphatic heterocycles. The molecule has 1 fully saturated rings. The van der Waals surface area contributed by atoms with Gasteiger partial charge in [0.15, 0.2) is 0 Å². The van der Waals surface area contributed by atoms with Crippen molar-refractivity contribution in [2.24, 2.45) is 17.3 Å². The van der Waals surface area contributed by atoms with Gasteiger partial charge < -0.3 is 5.11 Å². The van der Waals surface area contributed by atoms with Crippen LogP contribution in [0.5, 0.6) is 0 Å². The van der Waals surface area contributed by atoms with Gasteiger partial charge in [-0.3, -0.25) is 4.79 Å². The third-order valence-electron chi connectivity index (χ3n) is 7.16. The zero-order chi connectivity index (χ0) is 20.4. The molecule has 0 amide bonds. The van der Waals surface area contributed by atoms with Crippen LogP contribution < -0.4 is 0 Å². The Hall–Kier alpha value is -1.31. The number of carboxylic acid groups (broad SMARTS) is 1. The molecule has 0 bridgehead atoms.